The zero-order valence-corrected chi connectivity index (χ0v) is 18.6. The summed E-state index contributed by atoms with van der Waals surface area (Å²) in [6.07, 6.45) is 5.92. The number of benzene rings is 2. The highest BCUT2D eigenvalue weighted by Crippen LogP contribution is 2.27. The molecule has 1 aliphatic rings. The summed E-state index contributed by atoms with van der Waals surface area (Å²) in [7, 11) is 0. The van der Waals surface area contributed by atoms with Crippen molar-refractivity contribution >= 4 is 17.0 Å². The highest BCUT2D eigenvalue weighted by atomic mass is 15.3. The minimum Gasteiger partial charge on any atom is -0.355 e. The third-order valence-corrected chi connectivity index (χ3v) is 6.25. The first kappa shape index (κ1) is 19.7. The lowest BCUT2D eigenvalue weighted by molar-refractivity contribution is 0.728. The molecule has 0 bridgehead atoms. The van der Waals surface area contributed by atoms with Crippen molar-refractivity contribution in [3.05, 3.63) is 84.6 Å². The molecule has 33 heavy (non-hydrogen) atoms. The van der Waals surface area contributed by atoms with Gasteiger partial charge in [-0.05, 0) is 38.0 Å². The second kappa shape index (κ2) is 8.16. The Morgan fingerprint density at radius 2 is 1.67 bits per heavy atom. The first-order valence-electron chi connectivity index (χ1n) is 11.4. The normalized spacial score (nSPS) is 13.8. The fourth-order valence-corrected chi connectivity index (χ4v) is 4.51. The zero-order chi connectivity index (χ0) is 22.2. The number of hydrogen-bond donors (Lipinski definition) is 0. The molecule has 1 fully saturated rings. The van der Waals surface area contributed by atoms with E-state index in [0.717, 1.165) is 52.7 Å². The summed E-state index contributed by atoms with van der Waals surface area (Å²) in [5, 5.41) is 4.96. The van der Waals surface area contributed by atoms with Gasteiger partial charge in [0, 0.05) is 18.7 Å². The van der Waals surface area contributed by atoms with Crippen LogP contribution in [0.3, 0.4) is 0 Å². The van der Waals surface area contributed by atoms with Crippen molar-refractivity contribution < 1.29 is 0 Å². The maximum Gasteiger partial charge on any atom is 0.165 e. The molecule has 6 rings (SSSR count). The number of nitrogens with zero attached hydrogens (tertiary/aromatic N) is 7. The largest absolute Gasteiger partial charge is 0.355 e. The van der Waals surface area contributed by atoms with Gasteiger partial charge < -0.3 is 9.47 Å². The second-order valence-corrected chi connectivity index (χ2v) is 8.57. The summed E-state index contributed by atoms with van der Waals surface area (Å²) in [4.78, 5) is 16.1. The molecular formula is C26H25N7. The zero-order valence-electron chi connectivity index (χ0n) is 18.6. The first-order valence-corrected chi connectivity index (χ1v) is 11.4. The SMILES string of the molecule is Cc1ccc(-n2nc(-c3ccccc3)cc2Cn2cnc3c(N4CCCC4)ncnc32)cc1. The van der Waals surface area contributed by atoms with Crippen LogP contribution in [0.5, 0.6) is 0 Å². The highest BCUT2D eigenvalue weighted by molar-refractivity contribution is 5.83. The number of aromatic nitrogens is 6. The predicted molar refractivity (Wildman–Crippen MR) is 130 cm³/mol. The van der Waals surface area contributed by atoms with Crippen LogP contribution in [-0.4, -0.2) is 42.4 Å². The van der Waals surface area contributed by atoms with Gasteiger partial charge in [-0.15, -0.1) is 0 Å². The average molecular weight is 436 g/mol. The third kappa shape index (κ3) is 3.65. The van der Waals surface area contributed by atoms with Crippen molar-refractivity contribution in [1.82, 2.24) is 29.3 Å². The van der Waals surface area contributed by atoms with Gasteiger partial charge in [-0.1, -0.05) is 48.0 Å². The fourth-order valence-electron chi connectivity index (χ4n) is 4.51. The van der Waals surface area contributed by atoms with Gasteiger partial charge in [0.15, 0.2) is 17.0 Å². The van der Waals surface area contributed by atoms with Gasteiger partial charge in [0.1, 0.15) is 6.33 Å². The minimum absolute atomic E-state index is 0.612. The summed E-state index contributed by atoms with van der Waals surface area (Å²) in [5.74, 6) is 0.938. The lowest BCUT2D eigenvalue weighted by atomic mass is 10.1. The summed E-state index contributed by atoms with van der Waals surface area (Å²) < 4.78 is 4.11. The molecule has 0 atom stereocenters. The van der Waals surface area contributed by atoms with E-state index in [4.69, 9.17) is 10.1 Å². The van der Waals surface area contributed by atoms with Gasteiger partial charge in [-0.2, -0.15) is 5.10 Å². The van der Waals surface area contributed by atoms with Gasteiger partial charge in [0.05, 0.1) is 29.9 Å². The summed E-state index contributed by atoms with van der Waals surface area (Å²) >= 11 is 0. The quantitative estimate of drug-likeness (QED) is 0.403. The van der Waals surface area contributed by atoms with Crippen LogP contribution >= 0.6 is 0 Å². The average Bonchev–Trinajstić information content (AvgIpc) is 3.61. The Morgan fingerprint density at radius 3 is 2.45 bits per heavy atom. The molecule has 7 nitrogen and oxygen atoms in total. The number of aryl methyl sites for hydroxylation is 1. The number of rotatable bonds is 5. The van der Waals surface area contributed by atoms with Crippen molar-refractivity contribution in [1.29, 1.82) is 0 Å². The van der Waals surface area contributed by atoms with E-state index in [2.05, 4.69) is 68.8 Å². The van der Waals surface area contributed by atoms with Crippen molar-refractivity contribution in [3.8, 4) is 16.9 Å². The Bertz CT molecular complexity index is 1390. The van der Waals surface area contributed by atoms with E-state index in [-0.39, 0.29) is 0 Å². The molecule has 0 aliphatic carbocycles. The fraction of sp³-hybridized carbons (Fsp3) is 0.231. The first-order chi connectivity index (χ1) is 16.3. The lowest BCUT2D eigenvalue weighted by Gasteiger charge is -2.16. The van der Waals surface area contributed by atoms with E-state index in [0.29, 0.717) is 6.54 Å². The molecule has 0 spiro atoms. The summed E-state index contributed by atoms with van der Waals surface area (Å²) in [6.45, 7) is 4.76. The maximum absolute atomic E-state index is 4.96. The molecule has 0 saturated carbocycles. The van der Waals surface area contributed by atoms with Gasteiger partial charge in [-0.25, -0.2) is 19.6 Å². The number of fused-ring (bicyclic) bond motifs is 1. The topological polar surface area (TPSA) is 64.7 Å². The van der Waals surface area contributed by atoms with Crippen LogP contribution in [0.2, 0.25) is 0 Å². The van der Waals surface area contributed by atoms with Crippen LogP contribution in [-0.2, 0) is 6.54 Å². The molecule has 0 amide bonds. The smallest absolute Gasteiger partial charge is 0.165 e. The van der Waals surface area contributed by atoms with Gasteiger partial charge in [0.2, 0.25) is 0 Å². The van der Waals surface area contributed by atoms with Crippen molar-refractivity contribution in [2.45, 2.75) is 26.3 Å². The predicted octanol–water partition coefficient (Wildman–Crippen LogP) is 4.64. The monoisotopic (exact) mass is 435 g/mol. The molecule has 1 aliphatic heterocycles. The molecule has 0 unspecified atom stereocenters. The van der Waals surface area contributed by atoms with Crippen LogP contribution < -0.4 is 4.90 Å². The van der Waals surface area contributed by atoms with E-state index in [1.807, 2.05) is 29.2 Å². The Morgan fingerprint density at radius 1 is 0.879 bits per heavy atom. The molecular weight excluding hydrogens is 410 g/mol. The van der Waals surface area contributed by atoms with Crippen LogP contribution in [0.4, 0.5) is 5.82 Å². The minimum atomic E-state index is 0.612. The van der Waals surface area contributed by atoms with Crippen molar-refractivity contribution in [2.24, 2.45) is 0 Å². The standard InChI is InChI=1S/C26H25N7/c1-19-9-11-21(12-10-19)33-22(15-23(30-33)20-7-3-2-4-8-20)16-32-18-29-24-25(27-17-28-26(24)32)31-13-5-6-14-31/h2-4,7-12,15,17-18H,5-6,13-14,16H2,1H3. The van der Waals surface area contributed by atoms with E-state index in [1.165, 1.54) is 18.4 Å². The molecule has 1 saturated heterocycles. The highest BCUT2D eigenvalue weighted by Gasteiger charge is 2.20. The molecule has 4 heterocycles. The Hall–Kier alpha value is -4.00. The lowest BCUT2D eigenvalue weighted by Crippen LogP contribution is -2.19. The third-order valence-electron chi connectivity index (χ3n) is 6.25. The van der Waals surface area contributed by atoms with Crippen molar-refractivity contribution in [3.63, 3.8) is 0 Å². The molecule has 5 aromatic rings. The number of imidazole rings is 1. The van der Waals surface area contributed by atoms with E-state index >= 15 is 0 Å². The van der Waals surface area contributed by atoms with E-state index in [1.54, 1.807) is 6.33 Å². The van der Waals surface area contributed by atoms with E-state index in [9.17, 15) is 0 Å². The summed E-state index contributed by atoms with van der Waals surface area (Å²) in [5.41, 5.74) is 7.09. The van der Waals surface area contributed by atoms with Crippen LogP contribution in [0.15, 0.2) is 73.3 Å². The molecule has 7 heteroatoms. The Balaban J connectivity index is 1.43. The van der Waals surface area contributed by atoms with Crippen molar-refractivity contribution in [2.75, 3.05) is 18.0 Å². The molecule has 2 aromatic carbocycles. The summed E-state index contributed by atoms with van der Waals surface area (Å²) in [6, 6.07) is 20.9. The second-order valence-electron chi connectivity index (χ2n) is 8.57. The van der Waals surface area contributed by atoms with Gasteiger partial charge in [-0.3, -0.25) is 0 Å². The molecule has 0 radical (unpaired) electrons. The van der Waals surface area contributed by atoms with E-state index < -0.39 is 0 Å². The van der Waals surface area contributed by atoms with Crippen LogP contribution in [0.25, 0.3) is 28.1 Å². The Labute approximate surface area is 192 Å². The Kier molecular flexibility index (Phi) is 4.87. The van der Waals surface area contributed by atoms with Gasteiger partial charge in [0.25, 0.3) is 0 Å². The maximum atomic E-state index is 4.96. The molecule has 164 valence electrons. The van der Waals surface area contributed by atoms with Crippen LogP contribution in [0, 0.1) is 6.92 Å². The van der Waals surface area contributed by atoms with Gasteiger partial charge >= 0.3 is 0 Å². The molecule has 0 N–H and O–H groups in total. The number of hydrogen-bond acceptors (Lipinski definition) is 5. The molecule has 3 aromatic heterocycles. The van der Waals surface area contributed by atoms with Crippen LogP contribution in [0.1, 0.15) is 24.1 Å². The number of anilines is 1.